The number of benzene rings is 1. The predicted octanol–water partition coefficient (Wildman–Crippen LogP) is 3.17. The van der Waals surface area contributed by atoms with E-state index < -0.39 is 0 Å². The van der Waals surface area contributed by atoms with E-state index >= 15 is 0 Å². The Labute approximate surface area is 184 Å². The van der Waals surface area contributed by atoms with E-state index in [1.165, 1.54) is 29.9 Å². The molecule has 0 aromatic heterocycles. The van der Waals surface area contributed by atoms with Crippen LogP contribution in [-0.2, 0) is 4.79 Å². The molecular weight excluding hydrogens is 474 g/mol. The Kier molecular flexibility index (Phi) is 11.2. The fourth-order valence-electron chi connectivity index (χ4n) is 2.92. The quantitative estimate of drug-likeness (QED) is 0.323. The maximum absolute atomic E-state index is 13.3. The van der Waals surface area contributed by atoms with Crippen LogP contribution in [0.4, 0.5) is 4.39 Å². The van der Waals surface area contributed by atoms with E-state index in [1.54, 1.807) is 26.2 Å². The normalized spacial score (nSPS) is 15.5. The monoisotopic (exact) mass is 506 g/mol. The van der Waals surface area contributed by atoms with Crippen LogP contribution in [0.1, 0.15) is 39.0 Å². The predicted molar refractivity (Wildman–Crippen MR) is 121 cm³/mol. The first-order valence-corrected chi connectivity index (χ1v) is 9.65. The fourth-order valence-corrected chi connectivity index (χ4v) is 2.92. The summed E-state index contributed by atoms with van der Waals surface area (Å²) in [6, 6.07) is 6.53. The van der Waals surface area contributed by atoms with Crippen molar-refractivity contribution in [2.75, 3.05) is 27.2 Å². The van der Waals surface area contributed by atoms with Crippen LogP contribution in [0.25, 0.3) is 0 Å². The number of hydrogen-bond donors (Lipinski definition) is 2. The number of hydrogen-bond acceptors (Lipinski definition) is 3. The molecule has 2 N–H and O–H groups in total. The molecule has 1 aromatic carbocycles. The Morgan fingerprint density at radius 1 is 1.36 bits per heavy atom. The lowest BCUT2D eigenvalue weighted by atomic mass is 10.2. The second-order valence-electron chi connectivity index (χ2n) is 7.07. The lowest BCUT2D eigenvalue weighted by Crippen LogP contribution is -2.46. The van der Waals surface area contributed by atoms with E-state index in [0.29, 0.717) is 24.3 Å². The van der Waals surface area contributed by atoms with Crippen LogP contribution in [0.15, 0.2) is 29.3 Å². The molecule has 1 saturated carbocycles. The molecule has 1 fully saturated rings. The zero-order chi connectivity index (χ0) is 19.6. The van der Waals surface area contributed by atoms with Gasteiger partial charge in [0, 0.05) is 26.2 Å². The Morgan fingerprint density at radius 3 is 2.68 bits per heavy atom. The van der Waals surface area contributed by atoms with Gasteiger partial charge in [0.05, 0.1) is 6.54 Å². The maximum atomic E-state index is 13.3. The van der Waals surface area contributed by atoms with Crippen molar-refractivity contribution in [3.05, 3.63) is 30.1 Å². The molecule has 1 atom stereocenters. The zero-order valence-electron chi connectivity index (χ0n) is 16.9. The van der Waals surface area contributed by atoms with Gasteiger partial charge in [-0.2, -0.15) is 0 Å². The van der Waals surface area contributed by atoms with Crippen LogP contribution in [0.5, 0.6) is 5.75 Å². The van der Waals surface area contributed by atoms with Crippen molar-refractivity contribution in [3.8, 4) is 5.75 Å². The molecule has 0 spiro atoms. The van der Waals surface area contributed by atoms with E-state index in [4.69, 9.17) is 4.74 Å². The molecule has 1 aromatic rings. The van der Waals surface area contributed by atoms with Crippen LogP contribution >= 0.6 is 24.0 Å². The minimum Gasteiger partial charge on any atom is -0.489 e. The van der Waals surface area contributed by atoms with Crippen LogP contribution in [0.3, 0.4) is 0 Å². The van der Waals surface area contributed by atoms with Gasteiger partial charge in [-0.15, -0.1) is 24.0 Å². The van der Waals surface area contributed by atoms with E-state index in [9.17, 15) is 9.18 Å². The molecule has 1 aliphatic rings. The van der Waals surface area contributed by atoms with E-state index in [1.807, 2.05) is 6.92 Å². The first-order chi connectivity index (χ1) is 13.0. The third-order valence-electron chi connectivity index (χ3n) is 4.62. The molecule has 0 aliphatic heterocycles. The van der Waals surface area contributed by atoms with Crippen molar-refractivity contribution in [3.63, 3.8) is 0 Å². The number of rotatable bonds is 8. The first kappa shape index (κ1) is 24.5. The molecule has 8 heteroatoms. The first-order valence-electron chi connectivity index (χ1n) is 9.65. The molecule has 0 heterocycles. The Morgan fingerprint density at radius 2 is 2.07 bits per heavy atom. The van der Waals surface area contributed by atoms with E-state index in [0.717, 1.165) is 19.3 Å². The summed E-state index contributed by atoms with van der Waals surface area (Å²) in [7, 11) is 3.44. The summed E-state index contributed by atoms with van der Waals surface area (Å²) in [4.78, 5) is 17.8. The van der Waals surface area contributed by atoms with E-state index in [2.05, 4.69) is 15.6 Å². The number of guanidine groups is 1. The average Bonchev–Trinajstić information content (AvgIpc) is 3.15. The Balaban J connectivity index is 0.00000392. The number of amides is 1. The maximum Gasteiger partial charge on any atom is 0.243 e. The molecular formula is C20H32FIN4O2. The summed E-state index contributed by atoms with van der Waals surface area (Å²) in [5.41, 5.74) is 0. The average molecular weight is 506 g/mol. The summed E-state index contributed by atoms with van der Waals surface area (Å²) in [5, 5.41) is 6.69. The van der Waals surface area contributed by atoms with Gasteiger partial charge < -0.3 is 20.3 Å². The fraction of sp³-hybridized carbons (Fsp3) is 0.600. The van der Waals surface area contributed by atoms with Gasteiger partial charge in [0.2, 0.25) is 5.91 Å². The molecule has 1 aliphatic carbocycles. The van der Waals surface area contributed by atoms with Crippen LogP contribution in [0.2, 0.25) is 0 Å². The number of ether oxygens (including phenoxy) is 1. The smallest absolute Gasteiger partial charge is 0.243 e. The summed E-state index contributed by atoms with van der Waals surface area (Å²) < 4.78 is 19.2. The molecule has 0 saturated heterocycles. The second kappa shape index (κ2) is 12.8. The molecule has 1 amide bonds. The van der Waals surface area contributed by atoms with Gasteiger partial charge in [0.1, 0.15) is 24.2 Å². The van der Waals surface area contributed by atoms with Crippen LogP contribution in [0, 0.1) is 5.82 Å². The second-order valence-corrected chi connectivity index (χ2v) is 7.07. The molecule has 0 bridgehead atoms. The number of carbonyl (C=O) groups excluding carboxylic acids is 1. The van der Waals surface area contributed by atoms with Crippen molar-refractivity contribution >= 4 is 35.8 Å². The third-order valence-corrected chi connectivity index (χ3v) is 4.62. The number of carbonyl (C=O) groups is 1. The van der Waals surface area contributed by atoms with Gasteiger partial charge in [-0.05, 0) is 31.4 Å². The summed E-state index contributed by atoms with van der Waals surface area (Å²) in [6.45, 7) is 2.63. The molecule has 2 rings (SSSR count). The van der Waals surface area contributed by atoms with Gasteiger partial charge >= 0.3 is 0 Å². The summed E-state index contributed by atoms with van der Waals surface area (Å²) in [5.74, 6) is 0.764. The largest absolute Gasteiger partial charge is 0.489 e. The minimum absolute atomic E-state index is 0. The topological polar surface area (TPSA) is 66.0 Å². The number of nitrogens with zero attached hydrogens (tertiary/aromatic N) is 2. The van der Waals surface area contributed by atoms with Crippen molar-refractivity contribution in [2.45, 2.75) is 51.2 Å². The van der Waals surface area contributed by atoms with Crippen LogP contribution < -0.4 is 15.4 Å². The van der Waals surface area contributed by atoms with Gasteiger partial charge in [0.15, 0.2) is 5.96 Å². The highest BCUT2D eigenvalue weighted by Crippen LogP contribution is 2.17. The number of nitrogens with one attached hydrogen (secondary N) is 2. The van der Waals surface area contributed by atoms with Gasteiger partial charge in [0.25, 0.3) is 0 Å². The summed E-state index contributed by atoms with van der Waals surface area (Å²) >= 11 is 0. The molecule has 0 radical (unpaired) electrons. The molecule has 1 unspecified atom stereocenters. The molecule has 28 heavy (non-hydrogen) atoms. The van der Waals surface area contributed by atoms with Gasteiger partial charge in [-0.1, -0.05) is 25.8 Å². The Bertz CT molecular complexity index is 636. The third kappa shape index (κ3) is 8.62. The Hall–Kier alpha value is -1.58. The minimum atomic E-state index is -0.317. The lowest BCUT2D eigenvalue weighted by Gasteiger charge is -2.22. The number of aliphatic imine (C=N–C) groups is 1. The number of halogens is 2. The van der Waals surface area contributed by atoms with Crippen LogP contribution in [-0.4, -0.2) is 56.1 Å². The summed E-state index contributed by atoms with van der Waals surface area (Å²) in [6.07, 6.45) is 5.27. The van der Waals surface area contributed by atoms with Crippen molar-refractivity contribution in [1.29, 1.82) is 0 Å². The standard InChI is InChI=1S/C20H31FN4O2.HI/c1-4-17(27-18-11-7-8-15(21)12-18)13-22-20(23-14-19(26)25(2)3)24-16-9-5-6-10-16;/h7-8,11-12,16-17H,4-6,9-10,13-14H2,1-3H3,(H2,22,23,24);1H. The SMILES string of the molecule is CCC(CNC(=NCC(=O)N(C)C)NC1CCCC1)Oc1cccc(F)c1.I. The van der Waals surface area contributed by atoms with Crippen molar-refractivity contribution < 1.29 is 13.9 Å². The van der Waals surface area contributed by atoms with Crippen molar-refractivity contribution in [2.24, 2.45) is 4.99 Å². The molecule has 158 valence electrons. The highest BCUT2D eigenvalue weighted by atomic mass is 127. The zero-order valence-corrected chi connectivity index (χ0v) is 19.2. The number of likely N-dealkylation sites (N-methyl/N-ethyl adjacent to an activating group) is 1. The van der Waals surface area contributed by atoms with E-state index in [-0.39, 0.29) is 48.3 Å². The van der Waals surface area contributed by atoms with Gasteiger partial charge in [-0.25, -0.2) is 9.38 Å². The molecule has 6 nitrogen and oxygen atoms in total. The lowest BCUT2D eigenvalue weighted by molar-refractivity contribution is -0.127. The van der Waals surface area contributed by atoms with Gasteiger partial charge in [-0.3, -0.25) is 4.79 Å². The highest BCUT2D eigenvalue weighted by Gasteiger charge is 2.17. The highest BCUT2D eigenvalue weighted by molar-refractivity contribution is 14.0. The van der Waals surface area contributed by atoms with Crippen molar-refractivity contribution in [1.82, 2.24) is 15.5 Å².